The first-order chi connectivity index (χ1) is 9.99. The molecule has 2 rings (SSSR count). The minimum absolute atomic E-state index is 0.131. The zero-order valence-electron chi connectivity index (χ0n) is 11.7. The summed E-state index contributed by atoms with van der Waals surface area (Å²) in [6.07, 6.45) is 0. The van der Waals surface area contributed by atoms with Gasteiger partial charge in [-0.25, -0.2) is 5.43 Å². The maximum atomic E-state index is 12.0. The number of benzene rings is 2. The maximum Gasteiger partial charge on any atom is 0.271 e. The number of phenolic OH excluding ortho intramolecular Hbond substituents is 1. The molecule has 0 unspecified atom stereocenters. The van der Waals surface area contributed by atoms with Crippen molar-refractivity contribution in [3.63, 3.8) is 0 Å². The van der Waals surface area contributed by atoms with Gasteiger partial charge in [0.2, 0.25) is 0 Å². The fourth-order valence-corrected chi connectivity index (χ4v) is 2.15. The Labute approximate surface area is 131 Å². The first-order valence-corrected chi connectivity index (χ1v) is 7.17. The molecule has 0 fully saturated rings. The molecule has 0 atom stereocenters. The van der Waals surface area contributed by atoms with Crippen molar-refractivity contribution in [1.82, 2.24) is 5.43 Å². The topological polar surface area (TPSA) is 61.7 Å². The van der Waals surface area contributed by atoms with E-state index in [1.807, 2.05) is 13.0 Å². The summed E-state index contributed by atoms with van der Waals surface area (Å²) in [5.74, 6) is -0.170. The zero-order chi connectivity index (χ0) is 15.4. The molecule has 0 saturated heterocycles. The second kappa shape index (κ2) is 6.54. The summed E-state index contributed by atoms with van der Waals surface area (Å²) in [7, 11) is 0. The van der Waals surface area contributed by atoms with E-state index in [1.54, 1.807) is 43.3 Å². The third-order valence-electron chi connectivity index (χ3n) is 3.05. The van der Waals surface area contributed by atoms with Crippen LogP contribution in [0, 0.1) is 6.92 Å². The van der Waals surface area contributed by atoms with Gasteiger partial charge in [-0.1, -0.05) is 34.1 Å². The highest BCUT2D eigenvalue weighted by Crippen LogP contribution is 2.18. The molecule has 2 aromatic carbocycles. The third kappa shape index (κ3) is 3.70. The van der Waals surface area contributed by atoms with Gasteiger partial charge in [0.1, 0.15) is 5.75 Å². The van der Waals surface area contributed by atoms with E-state index in [2.05, 4.69) is 26.5 Å². The van der Waals surface area contributed by atoms with Gasteiger partial charge in [0.25, 0.3) is 5.91 Å². The van der Waals surface area contributed by atoms with Crippen LogP contribution in [0.5, 0.6) is 5.75 Å². The number of amides is 1. The number of nitrogens with zero attached hydrogens (tertiary/aromatic N) is 1. The third-order valence-corrected chi connectivity index (χ3v) is 3.91. The van der Waals surface area contributed by atoms with Crippen molar-refractivity contribution >= 4 is 27.5 Å². The standard InChI is InChI=1S/C16H15BrN2O2/c1-10-7-8-12(9-14(10)17)16(21)19-18-11(2)13-5-3-4-6-15(13)20/h3-9,20H,1-2H3,(H,19,21). The molecule has 0 radical (unpaired) electrons. The molecule has 0 bridgehead atoms. The Kier molecular flexibility index (Phi) is 4.75. The van der Waals surface area contributed by atoms with Crippen LogP contribution in [0.4, 0.5) is 0 Å². The van der Waals surface area contributed by atoms with E-state index < -0.39 is 0 Å². The Morgan fingerprint density at radius 3 is 2.62 bits per heavy atom. The van der Waals surface area contributed by atoms with Gasteiger partial charge in [0.05, 0.1) is 5.71 Å². The van der Waals surface area contributed by atoms with Crippen LogP contribution in [0.15, 0.2) is 52.0 Å². The summed E-state index contributed by atoms with van der Waals surface area (Å²) in [4.78, 5) is 12.0. The SMILES string of the molecule is CC(=NNC(=O)c1ccc(C)c(Br)c1)c1ccccc1O. The molecule has 21 heavy (non-hydrogen) atoms. The Morgan fingerprint density at radius 2 is 1.95 bits per heavy atom. The van der Waals surface area contributed by atoms with Crippen LogP contribution >= 0.6 is 15.9 Å². The average Bonchev–Trinajstić information content (AvgIpc) is 2.47. The number of aryl methyl sites for hydroxylation is 1. The maximum absolute atomic E-state index is 12.0. The molecule has 0 aliphatic carbocycles. The highest BCUT2D eigenvalue weighted by atomic mass is 79.9. The Balaban J connectivity index is 2.14. The molecular weight excluding hydrogens is 332 g/mol. The van der Waals surface area contributed by atoms with Crippen molar-refractivity contribution in [2.24, 2.45) is 5.10 Å². The van der Waals surface area contributed by atoms with Gasteiger partial charge in [-0.05, 0) is 43.7 Å². The zero-order valence-corrected chi connectivity index (χ0v) is 13.3. The van der Waals surface area contributed by atoms with Crippen molar-refractivity contribution in [3.05, 3.63) is 63.6 Å². The minimum atomic E-state index is -0.300. The molecule has 0 heterocycles. The van der Waals surface area contributed by atoms with Crippen molar-refractivity contribution in [2.75, 3.05) is 0 Å². The number of para-hydroxylation sites is 1. The number of hydrazone groups is 1. The highest BCUT2D eigenvalue weighted by Gasteiger charge is 2.08. The molecule has 2 N–H and O–H groups in total. The van der Waals surface area contributed by atoms with Gasteiger partial charge < -0.3 is 5.11 Å². The first kappa shape index (κ1) is 15.3. The molecule has 5 heteroatoms. The molecular formula is C16H15BrN2O2. The van der Waals surface area contributed by atoms with E-state index in [-0.39, 0.29) is 11.7 Å². The van der Waals surface area contributed by atoms with Crippen LogP contribution in [-0.4, -0.2) is 16.7 Å². The molecule has 2 aromatic rings. The van der Waals surface area contributed by atoms with Crippen molar-refractivity contribution in [1.29, 1.82) is 0 Å². The van der Waals surface area contributed by atoms with Crippen LogP contribution in [0.3, 0.4) is 0 Å². The molecule has 108 valence electrons. The number of hydrogen-bond acceptors (Lipinski definition) is 3. The summed E-state index contributed by atoms with van der Waals surface area (Å²) < 4.78 is 0.872. The lowest BCUT2D eigenvalue weighted by molar-refractivity contribution is 0.0954. The summed E-state index contributed by atoms with van der Waals surface area (Å²) in [6.45, 7) is 3.67. The van der Waals surface area contributed by atoms with E-state index in [0.29, 0.717) is 16.8 Å². The van der Waals surface area contributed by atoms with Crippen LogP contribution in [-0.2, 0) is 0 Å². The van der Waals surface area contributed by atoms with E-state index >= 15 is 0 Å². The van der Waals surface area contributed by atoms with Gasteiger partial charge in [-0.3, -0.25) is 4.79 Å². The normalized spacial score (nSPS) is 11.3. The van der Waals surface area contributed by atoms with E-state index in [1.165, 1.54) is 0 Å². The second-order valence-corrected chi connectivity index (χ2v) is 5.47. The summed E-state index contributed by atoms with van der Waals surface area (Å²) in [5.41, 5.74) is 5.18. The molecule has 0 aromatic heterocycles. The smallest absolute Gasteiger partial charge is 0.271 e. The monoisotopic (exact) mass is 346 g/mol. The Bertz CT molecular complexity index is 711. The predicted molar refractivity (Wildman–Crippen MR) is 86.7 cm³/mol. The Morgan fingerprint density at radius 1 is 1.24 bits per heavy atom. The number of halogens is 1. The minimum Gasteiger partial charge on any atom is -0.507 e. The number of rotatable bonds is 3. The average molecular weight is 347 g/mol. The lowest BCUT2D eigenvalue weighted by Crippen LogP contribution is -2.19. The van der Waals surface area contributed by atoms with Crippen molar-refractivity contribution in [2.45, 2.75) is 13.8 Å². The van der Waals surface area contributed by atoms with Gasteiger partial charge >= 0.3 is 0 Å². The molecule has 1 amide bonds. The molecule has 0 saturated carbocycles. The predicted octanol–water partition coefficient (Wildman–Crippen LogP) is 3.62. The number of nitrogens with one attached hydrogen (secondary N) is 1. The summed E-state index contributed by atoms with van der Waals surface area (Å²) in [6, 6.07) is 12.2. The van der Waals surface area contributed by atoms with E-state index in [0.717, 1.165) is 10.0 Å². The van der Waals surface area contributed by atoms with Crippen molar-refractivity contribution in [3.8, 4) is 5.75 Å². The highest BCUT2D eigenvalue weighted by molar-refractivity contribution is 9.10. The van der Waals surface area contributed by atoms with Crippen LogP contribution in [0.2, 0.25) is 0 Å². The first-order valence-electron chi connectivity index (χ1n) is 6.38. The molecule has 0 aliphatic rings. The van der Waals surface area contributed by atoms with Gasteiger partial charge in [0, 0.05) is 15.6 Å². The van der Waals surface area contributed by atoms with Gasteiger partial charge in [-0.2, -0.15) is 5.10 Å². The molecule has 4 nitrogen and oxygen atoms in total. The van der Waals surface area contributed by atoms with Crippen LogP contribution in [0.25, 0.3) is 0 Å². The number of hydrogen-bond donors (Lipinski definition) is 2. The quantitative estimate of drug-likeness (QED) is 0.658. The van der Waals surface area contributed by atoms with Crippen molar-refractivity contribution < 1.29 is 9.90 Å². The molecule has 0 aliphatic heterocycles. The lowest BCUT2D eigenvalue weighted by atomic mass is 10.1. The number of phenols is 1. The number of aromatic hydroxyl groups is 1. The van der Waals surface area contributed by atoms with Crippen LogP contribution in [0.1, 0.15) is 28.4 Å². The summed E-state index contributed by atoms with van der Waals surface area (Å²) in [5, 5.41) is 13.8. The van der Waals surface area contributed by atoms with E-state index in [4.69, 9.17) is 0 Å². The van der Waals surface area contributed by atoms with Crippen LogP contribution < -0.4 is 5.43 Å². The van der Waals surface area contributed by atoms with Gasteiger partial charge in [-0.15, -0.1) is 0 Å². The van der Waals surface area contributed by atoms with Gasteiger partial charge in [0.15, 0.2) is 0 Å². The lowest BCUT2D eigenvalue weighted by Gasteiger charge is -2.06. The molecule has 0 spiro atoms. The fourth-order valence-electron chi connectivity index (χ4n) is 1.77. The van der Waals surface area contributed by atoms with E-state index in [9.17, 15) is 9.90 Å². The Hall–Kier alpha value is -2.14. The second-order valence-electron chi connectivity index (χ2n) is 4.62. The number of carbonyl (C=O) groups excluding carboxylic acids is 1. The largest absolute Gasteiger partial charge is 0.507 e. The fraction of sp³-hybridized carbons (Fsp3) is 0.125. The number of carbonyl (C=O) groups is 1. The summed E-state index contributed by atoms with van der Waals surface area (Å²) >= 11 is 3.39.